The largest absolute Gasteiger partial charge is 0.372 e. The van der Waals surface area contributed by atoms with E-state index in [9.17, 15) is 0 Å². The predicted molar refractivity (Wildman–Crippen MR) is 106 cm³/mol. The fourth-order valence-corrected chi connectivity index (χ4v) is 3.24. The second-order valence-electron chi connectivity index (χ2n) is 6.46. The quantitative estimate of drug-likeness (QED) is 0.839. The molecule has 4 heteroatoms. The van der Waals surface area contributed by atoms with Gasteiger partial charge in [-0.25, -0.2) is 0 Å². The van der Waals surface area contributed by atoms with Crippen LogP contribution in [-0.4, -0.2) is 44.1 Å². The first kappa shape index (κ1) is 17.3. The molecule has 1 heterocycles. The molecule has 2 aromatic rings. The van der Waals surface area contributed by atoms with Crippen LogP contribution in [0.4, 0.5) is 5.69 Å². The van der Waals surface area contributed by atoms with Gasteiger partial charge in [-0.15, -0.1) is 0 Å². The molecule has 1 aliphatic heterocycles. The highest BCUT2D eigenvalue weighted by molar-refractivity contribution is 5.82. The minimum absolute atomic E-state index is 0.301. The second-order valence-corrected chi connectivity index (χ2v) is 6.46. The van der Waals surface area contributed by atoms with Gasteiger partial charge in [-0.05, 0) is 31.0 Å². The molecule has 0 fully saturated rings. The Hall–Kier alpha value is -2.49. The van der Waals surface area contributed by atoms with Gasteiger partial charge in [0.05, 0.1) is 12.6 Å². The molecular formula is C21H28N4. The van der Waals surface area contributed by atoms with E-state index in [4.69, 9.17) is 0 Å². The number of anilines is 1. The van der Waals surface area contributed by atoms with Crippen LogP contribution < -0.4 is 10.2 Å². The third-order valence-electron chi connectivity index (χ3n) is 4.72. The molecule has 0 saturated heterocycles. The van der Waals surface area contributed by atoms with Crippen LogP contribution in [-0.2, 0) is 0 Å². The molecule has 0 radical (unpaired) electrons. The zero-order valence-corrected chi connectivity index (χ0v) is 15.2. The zero-order chi connectivity index (χ0) is 17.5. The van der Waals surface area contributed by atoms with E-state index in [1.807, 2.05) is 0 Å². The number of aliphatic imine (C=N–C) groups is 1. The standard InChI is InChI=1S/C21H28N4/c1-3-25(19-13-8-5-9-14-19)16-10-15-24(2)21-22-17-20(23-21)18-11-6-4-7-12-18/h4-9,11-14,20H,3,10,15-17H2,1-2H3,(H,22,23). The summed E-state index contributed by atoms with van der Waals surface area (Å²) in [7, 11) is 2.12. The number of hydrogen-bond acceptors (Lipinski definition) is 4. The molecule has 0 amide bonds. The maximum atomic E-state index is 4.69. The third kappa shape index (κ3) is 4.53. The summed E-state index contributed by atoms with van der Waals surface area (Å²) in [4.78, 5) is 9.35. The minimum Gasteiger partial charge on any atom is -0.372 e. The molecule has 132 valence electrons. The van der Waals surface area contributed by atoms with E-state index in [1.165, 1.54) is 11.3 Å². The second kappa shape index (κ2) is 8.56. The average molecular weight is 336 g/mol. The molecule has 0 bridgehead atoms. The first-order valence-corrected chi connectivity index (χ1v) is 9.15. The number of nitrogens with one attached hydrogen (secondary N) is 1. The van der Waals surface area contributed by atoms with Gasteiger partial charge < -0.3 is 15.1 Å². The number of rotatable bonds is 7. The van der Waals surface area contributed by atoms with Crippen molar-refractivity contribution in [3.05, 3.63) is 66.2 Å². The van der Waals surface area contributed by atoms with Gasteiger partial charge in [0, 0.05) is 32.4 Å². The van der Waals surface area contributed by atoms with Gasteiger partial charge in [-0.3, -0.25) is 4.99 Å². The minimum atomic E-state index is 0.301. The summed E-state index contributed by atoms with van der Waals surface area (Å²) in [6.07, 6.45) is 1.11. The van der Waals surface area contributed by atoms with Crippen molar-refractivity contribution in [2.24, 2.45) is 4.99 Å². The first-order chi connectivity index (χ1) is 12.3. The summed E-state index contributed by atoms with van der Waals surface area (Å²) in [5.41, 5.74) is 2.60. The number of hydrogen-bond donors (Lipinski definition) is 1. The monoisotopic (exact) mass is 336 g/mol. The Morgan fingerprint density at radius 3 is 2.36 bits per heavy atom. The number of nitrogens with zero attached hydrogens (tertiary/aromatic N) is 3. The van der Waals surface area contributed by atoms with E-state index in [2.05, 4.69) is 94.7 Å². The molecule has 25 heavy (non-hydrogen) atoms. The van der Waals surface area contributed by atoms with Gasteiger partial charge in [-0.1, -0.05) is 48.5 Å². The summed E-state index contributed by atoms with van der Waals surface area (Å²) in [5.74, 6) is 1.01. The third-order valence-corrected chi connectivity index (χ3v) is 4.72. The summed E-state index contributed by atoms with van der Waals surface area (Å²) >= 11 is 0. The molecule has 0 saturated carbocycles. The molecular weight excluding hydrogens is 308 g/mol. The van der Waals surface area contributed by atoms with E-state index in [0.29, 0.717) is 6.04 Å². The molecule has 0 spiro atoms. The highest BCUT2D eigenvalue weighted by Gasteiger charge is 2.21. The normalized spacial score (nSPS) is 16.2. The molecule has 1 aliphatic rings. The molecule has 1 N–H and O–H groups in total. The Kier molecular flexibility index (Phi) is 5.94. The van der Waals surface area contributed by atoms with E-state index < -0.39 is 0 Å². The topological polar surface area (TPSA) is 30.9 Å². The Morgan fingerprint density at radius 2 is 1.68 bits per heavy atom. The van der Waals surface area contributed by atoms with Crippen LogP contribution in [0, 0.1) is 0 Å². The smallest absolute Gasteiger partial charge is 0.194 e. The summed E-state index contributed by atoms with van der Waals surface area (Å²) in [5, 5.41) is 3.55. The number of guanidine groups is 1. The van der Waals surface area contributed by atoms with E-state index in [0.717, 1.165) is 38.6 Å². The average Bonchev–Trinajstić information content (AvgIpc) is 3.17. The van der Waals surface area contributed by atoms with Crippen LogP contribution in [0.5, 0.6) is 0 Å². The first-order valence-electron chi connectivity index (χ1n) is 9.15. The Labute approximate surface area is 151 Å². The van der Waals surface area contributed by atoms with Crippen molar-refractivity contribution in [3.8, 4) is 0 Å². The van der Waals surface area contributed by atoms with Crippen molar-refractivity contribution in [2.75, 3.05) is 38.1 Å². The van der Waals surface area contributed by atoms with Crippen LogP contribution in [0.25, 0.3) is 0 Å². The van der Waals surface area contributed by atoms with Gasteiger partial charge in [0.2, 0.25) is 0 Å². The number of benzene rings is 2. The van der Waals surface area contributed by atoms with E-state index in [1.54, 1.807) is 0 Å². The van der Waals surface area contributed by atoms with Crippen LogP contribution >= 0.6 is 0 Å². The SMILES string of the molecule is CCN(CCCN(C)C1=NCC(c2ccccc2)N1)c1ccccc1. The maximum absolute atomic E-state index is 4.69. The Bertz CT molecular complexity index is 669. The maximum Gasteiger partial charge on any atom is 0.194 e. The molecule has 1 atom stereocenters. The lowest BCUT2D eigenvalue weighted by Crippen LogP contribution is -2.38. The van der Waals surface area contributed by atoms with Crippen LogP contribution in [0.1, 0.15) is 24.9 Å². The van der Waals surface area contributed by atoms with Gasteiger partial charge in [-0.2, -0.15) is 0 Å². The summed E-state index contributed by atoms with van der Waals surface area (Å²) < 4.78 is 0. The summed E-state index contributed by atoms with van der Waals surface area (Å²) in [6, 6.07) is 21.5. The van der Waals surface area contributed by atoms with Crippen LogP contribution in [0.3, 0.4) is 0 Å². The molecule has 4 nitrogen and oxygen atoms in total. The molecule has 2 aromatic carbocycles. The molecule has 1 unspecified atom stereocenters. The lowest BCUT2D eigenvalue weighted by atomic mass is 10.1. The Balaban J connectivity index is 1.46. The molecule has 3 rings (SSSR count). The predicted octanol–water partition coefficient (Wildman–Crippen LogP) is 3.54. The highest BCUT2D eigenvalue weighted by Crippen LogP contribution is 2.18. The van der Waals surface area contributed by atoms with Crippen LogP contribution in [0.15, 0.2) is 65.7 Å². The molecule has 0 aromatic heterocycles. The van der Waals surface area contributed by atoms with Crippen molar-refractivity contribution < 1.29 is 0 Å². The Morgan fingerprint density at radius 1 is 1.00 bits per heavy atom. The lowest BCUT2D eigenvalue weighted by Gasteiger charge is -2.26. The lowest BCUT2D eigenvalue weighted by molar-refractivity contribution is 0.470. The van der Waals surface area contributed by atoms with E-state index >= 15 is 0 Å². The van der Waals surface area contributed by atoms with Crippen molar-refractivity contribution in [3.63, 3.8) is 0 Å². The number of para-hydroxylation sites is 1. The fourth-order valence-electron chi connectivity index (χ4n) is 3.24. The van der Waals surface area contributed by atoms with Crippen molar-refractivity contribution >= 4 is 11.6 Å². The fraction of sp³-hybridized carbons (Fsp3) is 0.381. The highest BCUT2D eigenvalue weighted by atomic mass is 15.3. The van der Waals surface area contributed by atoms with Crippen molar-refractivity contribution in [1.82, 2.24) is 10.2 Å². The van der Waals surface area contributed by atoms with Gasteiger partial charge in [0.1, 0.15) is 0 Å². The zero-order valence-electron chi connectivity index (χ0n) is 15.2. The van der Waals surface area contributed by atoms with Gasteiger partial charge >= 0.3 is 0 Å². The van der Waals surface area contributed by atoms with Crippen LogP contribution in [0.2, 0.25) is 0 Å². The summed E-state index contributed by atoms with van der Waals surface area (Å²) in [6.45, 7) is 6.11. The van der Waals surface area contributed by atoms with Crippen molar-refractivity contribution in [1.29, 1.82) is 0 Å². The van der Waals surface area contributed by atoms with E-state index in [-0.39, 0.29) is 0 Å². The van der Waals surface area contributed by atoms with Crippen molar-refractivity contribution in [2.45, 2.75) is 19.4 Å². The molecule has 0 aliphatic carbocycles. The van der Waals surface area contributed by atoms with Gasteiger partial charge in [0.25, 0.3) is 0 Å². The van der Waals surface area contributed by atoms with Gasteiger partial charge in [0.15, 0.2) is 5.96 Å².